The Bertz CT molecular complexity index is 602. The van der Waals surface area contributed by atoms with Crippen molar-refractivity contribution >= 4 is 11.9 Å². The van der Waals surface area contributed by atoms with Crippen molar-refractivity contribution in [3.05, 3.63) is 30.3 Å². The Kier molecular flexibility index (Phi) is 6.33. The number of primary amides is 1. The van der Waals surface area contributed by atoms with E-state index in [2.05, 4.69) is 4.90 Å². The Morgan fingerprint density at radius 1 is 1.04 bits per heavy atom. The monoisotopic (exact) mass is 360 g/mol. The topological polar surface area (TPSA) is 79.1 Å². The molecule has 2 fully saturated rings. The molecule has 0 aromatic heterocycles. The quantitative estimate of drug-likeness (QED) is 0.850. The number of ether oxygens (including phenoxy) is 1. The van der Waals surface area contributed by atoms with Gasteiger partial charge in [-0.3, -0.25) is 9.69 Å². The van der Waals surface area contributed by atoms with E-state index in [4.69, 9.17) is 10.5 Å². The highest BCUT2D eigenvalue weighted by Gasteiger charge is 2.31. The van der Waals surface area contributed by atoms with Crippen LogP contribution in [0.2, 0.25) is 0 Å². The summed E-state index contributed by atoms with van der Waals surface area (Å²) < 4.78 is 5.74. The first-order valence-electron chi connectivity index (χ1n) is 9.37. The van der Waals surface area contributed by atoms with Crippen LogP contribution in [0.4, 0.5) is 4.79 Å². The number of benzene rings is 1. The van der Waals surface area contributed by atoms with Crippen LogP contribution in [0.1, 0.15) is 12.8 Å². The minimum atomic E-state index is -0.425. The van der Waals surface area contributed by atoms with Crippen LogP contribution in [0.3, 0.4) is 0 Å². The van der Waals surface area contributed by atoms with Crippen molar-refractivity contribution in [1.82, 2.24) is 14.7 Å². The Balaban J connectivity index is 1.39. The Morgan fingerprint density at radius 3 is 2.46 bits per heavy atom. The average Bonchev–Trinajstić information content (AvgIpc) is 2.69. The van der Waals surface area contributed by atoms with Crippen molar-refractivity contribution in [2.24, 2.45) is 11.7 Å². The molecule has 7 nitrogen and oxygen atoms in total. The van der Waals surface area contributed by atoms with Crippen LogP contribution in [0.25, 0.3) is 0 Å². The molecule has 2 heterocycles. The molecule has 3 amide bonds. The lowest BCUT2D eigenvalue weighted by Gasteiger charge is -2.38. The van der Waals surface area contributed by atoms with Crippen LogP contribution < -0.4 is 10.5 Å². The highest BCUT2D eigenvalue weighted by atomic mass is 16.5. The molecule has 3 rings (SSSR count). The third-order valence-electron chi connectivity index (χ3n) is 5.19. The van der Waals surface area contributed by atoms with E-state index in [1.165, 1.54) is 0 Å². The van der Waals surface area contributed by atoms with Gasteiger partial charge in [-0.05, 0) is 25.0 Å². The second kappa shape index (κ2) is 8.89. The lowest BCUT2D eigenvalue weighted by molar-refractivity contribution is -0.138. The minimum absolute atomic E-state index is 0.107. The van der Waals surface area contributed by atoms with E-state index in [1.807, 2.05) is 35.2 Å². The fourth-order valence-electron chi connectivity index (χ4n) is 3.64. The Labute approximate surface area is 154 Å². The molecule has 26 heavy (non-hydrogen) atoms. The van der Waals surface area contributed by atoms with Crippen LogP contribution in [0.15, 0.2) is 30.3 Å². The van der Waals surface area contributed by atoms with Crippen molar-refractivity contribution in [2.75, 3.05) is 52.4 Å². The van der Waals surface area contributed by atoms with Gasteiger partial charge in [-0.1, -0.05) is 18.2 Å². The fraction of sp³-hybridized carbons (Fsp3) is 0.579. The normalized spacial score (nSPS) is 21.5. The van der Waals surface area contributed by atoms with Gasteiger partial charge in [0.1, 0.15) is 12.4 Å². The van der Waals surface area contributed by atoms with E-state index < -0.39 is 6.03 Å². The molecule has 1 atom stereocenters. The summed E-state index contributed by atoms with van der Waals surface area (Å²) in [7, 11) is 0. The molecule has 0 saturated carbocycles. The predicted octanol–water partition coefficient (Wildman–Crippen LogP) is 1.00. The fourth-order valence-corrected chi connectivity index (χ4v) is 3.64. The van der Waals surface area contributed by atoms with Gasteiger partial charge in [-0.25, -0.2) is 4.79 Å². The molecule has 2 aliphatic heterocycles. The molecule has 0 bridgehead atoms. The van der Waals surface area contributed by atoms with Gasteiger partial charge in [-0.15, -0.1) is 0 Å². The van der Waals surface area contributed by atoms with Crippen molar-refractivity contribution in [1.29, 1.82) is 0 Å². The van der Waals surface area contributed by atoms with Crippen molar-refractivity contribution < 1.29 is 14.3 Å². The van der Waals surface area contributed by atoms with Gasteiger partial charge >= 0.3 is 6.03 Å². The maximum Gasteiger partial charge on any atom is 0.314 e. The van der Waals surface area contributed by atoms with Gasteiger partial charge in [0.15, 0.2) is 0 Å². The third kappa shape index (κ3) is 4.88. The minimum Gasteiger partial charge on any atom is -0.492 e. The summed E-state index contributed by atoms with van der Waals surface area (Å²) in [5, 5.41) is 0. The number of carbonyl (C=O) groups excluding carboxylic acids is 2. The summed E-state index contributed by atoms with van der Waals surface area (Å²) in [6.07, 6.45) is 1.68. The molecule has 0 spiro atoms. The van der Waals surface area contributed by atoms with E-state index >= 15 is 0 Å². The highest BCUT2D eigenvalue weighted by Crippen LogP contribution is 2.19. The number of nitrogens with zero attached hydrogens (tertiary/aromatic N) is 3. The summed E-state index contributed by atoms with van der Waals surface area (Å²) in [5.74, 6) is 0.943. The van der Waals surface area contributed by atoms with Crippen LogP contribution in [-0.4, -0.2) is 79.1 Å². The molecular formula is C19H28N4O3. The number of piperazine rings is 1. The number of likely N-dealkylation sites (tertiary alicyclic amines) is 1. The zero-order valence-electron chi connectivity index (χ0n) is 15.2. The van der Waals surface area contributed by atoms with Gasteiger partial charge in [-0.2, -0.15) is 0 Å². The Hall–Kier alpha value is -2.28. The lowest BCUT2D eigenvalue weighted by atomic mass is 9.96. The smallest absolute Gasteiger partial charge is 0.314 e. The van der Waals surface area contributed by atoms with Crippen LogP contribution in [0, 0.1) is 5.92 Å². The van der Waals surface area contributed by atoms with E-state index in [0.717, 1.165) is 51.3 Å². The van der Waals surface area contributed by atoms with E-state index in [-0.39, 0.29) is 11.8 Å². The molecular weight excluding hydrogens is 332 g/mol. The van der Waals surface area contributed by atoms with Crippen LogP contribution >= 0.6 is 0 Å². The van der Waals surface area contributed by atoms with Crippen molar-refractivity contribution in [2.45, 2.75) is 12.8 Å². The predicted molar refractivity (Wildman–Crippen MR) is 98.8 cm³/mol. The molecule has 2 saturated heterocycles. The summed E-state index contributed by atoms with van der Waals surface area (Å²) in [4.78, 5) is 29.9. The van der Waals surface area contributed by atoms with Gasteiger partial charge in [0.25, 0.3) is 0 Å². The van der Waals surface area contributed by atoms with Gasteiger partial charge < -0.3 is 20.3 Å². The molecule has 0 radical (unpaired) electrons. The molecule has 0 aliphatic carbocycles. The SMILES string of the molecule is NC(=O)N1CCC[C@H](C(=O)N2CCN(CCOc3ccccc3)CC2)C1. The molecule has 0 unspecified atom stereocenters. The summed E-state index contributed by atoms with van der Waals surface area (Å²) in [5.41, 5.74) is 5.36. The number of hydrogen-bond acceptors (Lipinski definition) is 4. The van der Waals surface area contributed by atoms with Gasteiger partial charge in [0.05, 0.1) is 5.92 Å². The zero-order chi connectivity index (χ0) is 18.4. The third-order valence-corrected chi connectivity index (χ3v) is 5.19. The molecule has 2 N–H and O–H groups in total. The average molecular weight is 360 g/mol. The van der Waals surface area contributed by atoms with E-state index in [9.17, 15) is 9.59 Å². The first-order valence-corrected chi connectivity index (χ1v) is 9.37. The van der Waals surface area contributed by atoms with Crippen LogP contribution in [-0.2, 0) is 4.79 Å². The highest BCUT2D eigenvalue weighted by molar-refractivity contribution is 5.80. The first kappa shape index (κ1) is 18.5. The molecule has 142 valence electrons. The maximum absolute atomic E-state index is 12.7. The van der Waals surface area contributed by atoms with Gasteiger partial charge in [0.2, 0.25) is 5.91 Å². The second-order valence-electron chi connectivity index (χ2n) is 6.95. The number of hydrogen-bond donors (Lipinski definition) is 1. The second-order valence-corrected chi connectivity index (χ2v) is 6.95. The standard InChI is InChI=1S/C19H28N4O3/c20-19(25)23-8-4-5-16(15-23)18(24)22-11-9-21(10-12-22)13-14-26-17-6-2-1-3-7-17/h1-3,6-7,16H,4-5,8-15H2,(H2,20,25)/t16-/m0/s1. The number of rotatable bonds is 5. The lowest BCUT2D eigenvalue weighted by Crippen LogP contribution is -2.53. The number of piperidine rings is 1. The largest absolute Gasteiger partial charge is 0.492 e. The molecule has 7 heteroatoms. The summed E-state index contributed by atoms with van der Waals surface area (Å²) in [6.45, 7) is 5.80. The Morgan fingerprint density at radius 2 is 1.77 bits per heavy atom. The number of para-hydroxylation sites is 1. The number of carbonyl (C=O) groups is 2. The zero-order valence-corrected chi connectivity index (χ0v) is 15.2. The molecule has 1 aromatic rings. The summed E-state index contributed by atoms with van der Waals surface area (Å²) >= 11 is 0. The number of urea groups is 1. The first-order chi connectivity index (χ1) is 12.6. The summed E-state index contributed by atoms with van der Waals surface area (Å²) in [6, 6.07) is 9.38. The number of amides is 3. The van der Waals surface area contributed by atoms with Gasteiger partial charge in [0, 0.05) is 45.8 Å². The molecule has 1 aromatic carbocycles. The van der Waals surface area contributed by atoms with E-state index in [0.29, 0.717) is 19.7 Å². The maximum atomic E-state index is 12.7. The molecule has 2 aliphatic rings. The van der Waals surface area contributed by atoms with Crippen molar-refractivity contribution in [3.63, 3.8) is 0 Å². The number of nitrogens with two attached hydrogens (primary N) is 1. The van der Waals surface area contributed by atoms with Crippen LogP contribution in [0.5, 0.6) is 5.75 Å². The van der Waals surface area contributed by atoms with E-state index in [1.54, 1.807) is 4.90 Å². The van der Waals surface area contributed by atoms with Crippen molar-refractivity contribution in [3.8, 4) is 5.75 Å².